The van der Waals surface area contributed by atoms with E-state index in [1.165, 1.54) is 31.5 Å². The molecule has 27 heavy (non-hydrogen) atoms. The van der Waals surface area contributed by atoms with Crippen LogP contribution in [0.15, 0.2) is 75.0 Å². The Balaban J connectivity index is 3.16. The number of anilines is 1. The molecular formula is C19H25FN4O2S. The van der Waals surface area contributed by atoms with Crippen LogP contribution in [0.5, 0.6) is 0 Å². The van der Waals surface area contributed by atoms with E-state index >= 15 is 0 Å². The lowest BCUT2D eigenvalue weighted by Crippen LogP contribution is -2.14. The van der Waals surface area contributed by atoms with Crippen LogP contribution >= 0.6 is 0 Å². The minimum absolute atomic E-state index is 0.00782. The first kappa shape index (κ1) is 22.5. The molecule has 146 valence electrons. The van der Waals surface area contributed by atoms with Crippen LogP contribution in [0, 0.1) is 0 Å². The number of benzene rings is 1. The van der Waals surface area contributed by atoms with E-state index in [1.54, 1.807) is 43.3 Å². The van der Waals surface area contributed by atoms with E-state index in [1.807, 2.05) is 6.92 Å². The molecule has 2 N–H and O–H groups in total. The van der Waals surface area contributed by atoms with Crippen molar-refractivity contribution in [1.29, 1.82) is 0 Å². The summed E-state index contributed by atoms with van der Waals surface area (Å²) in [5.41, 5.74) is 2.25. The molecule has 1 aromatic carbocycles. The predicted octanol–water partition coefficient (Wildman–Crippen LogP) is 3.59. The fourth-order valence-corrected chi connectivity index (χ4v) is 2.60. The Morgan fingerprint density at radius 1 is 1.30 bits per heavy atom. The zero-order valence-electron chi connectivity index (χ0n) is 15.9. The SMILES string of the molecule is C=CC(/C=N/C(=C\N(C)c1ccc(S(N)(=O)=O)cc1)C(C)F)=C(/C)N=CC. The zero-order valence-corrected chi connectivity index (χ0v) is 16.7. The van der Waals surface area contributed by atoms with Crippen molar-refractivity contribution in [3.63, 3.8) is 0 Å². The fourth-order valence-electron chi connectivity index (χ4n) is 2.09. The van der Waals surface area contributed by atoms with Gasteiger partial charge in [0, 0.05) is 42.6 Å². The first-order chi connectivity index (χ1) is 12.6. The number of primary sulfonamides is 1. The lowest BCUT2D eigenvalue weighted by molar-refractivity contribution is 0.408. The first-order valence-corrected chi connectivity index (χ1v) is 9.72. The molecule has 0 saturated heterocycles. The molecule has 0 saturated carbocycles. The molecule has 0 heterocycles. The highest BCUT2D eigenvalue weighted by Gasteiger charge is 2.10. The number of hydrogen-bond acceptors (Lipinski definition) is 5. The van der Waals surface area contributed by atoms with Crippen LogP contribution in [0.25, 0.3) is 0 Å². The van der Waals surface area contributed by atoms with E-state index in [0.717, 1.165) is 0 Å². The van der Waals surface area contributed by atoms with E-state index < -0.39 is 16.2 Å². The summed E-state index contributed by atoms with van der Waals surface area (Å²) >= 11 is 0. The number of allylic oxidation sites excluding steroid dienone is 4. The number of rotatable bonds is 8. The molecule has 0 spiro atoms. The third-order valence-corrected chi connectivity index (χ3v) is 4.55. The topological polar surface area (TPSA) is 88.1 Å². The molecule has 0 aliphatic rings. The van der Waals surface area contributed by atoms with Gasteiger partial charge in [0.1, 0.15) is 6.17 Å². The Bertz CT molecular complexity index is 883. The van der Waals surface area contributed by atoms with Gasteiger partial charge in [0.25, 0.3) is 0 Å². The highest BCUT2D eigenvalue weighted by Crippen LogP contribution is 2.19. The van der Waals surface area contributed by atoms with Crippen molar-refractivity contribution in [3.8, 4) is 0 Å². The summed E-state index contributed by atoms with van der Waals surface area (Å²) in [7, 11) is -2.05. The molecule has 8 heteroatoms. The maximum absolute atomic E-state index is 14.0. The highest BCUT2D eigenvalue weighted by molar-refractivity contribution is 7.89. The second kappa shape index (κ2) is 9.94. The van der Waals surface area contributed by atoms with Crippen molar-refractivity contribution in [2.75, 3.05) is 11.9 Å². The Morgan fingerprint density at radius 2 is 1.89 bits per heavy atom. The average Bonchev–Trinajstić information content (AvgIpc) is 2.60. The number of nitrogens with zero attached hydrogens (tertiary/aromatic N) is 3. The third kappa shape index (κ3) is 6.92. The van der Waals surface area contributed by atoms with Crippen LogP contribution in [0.1, 0.15) is 20.8 Å². The molecule has 0 aliphatic heterocycles. The second-order valence-electron chi connectivity index (χ2n) is 5.71. The van der Waals surface area contributed by atoms with Gasteiger partial charge in [0.15, 0.2) is 0 Å². The molecule has 0 radical (unpaired) electrons. The van der Waals surface area contributed by atoms with Gasteiger partial charge in [-0.1, -0.05) is 12.7 Å². The monoisotopic (exact) mass is 392 g/mol. The largest absolute Gasteiger partial charge is 0.349 e. The average molecular weight is 393 g/mol. The summed E-state index contributed by atoms with van der Waals surface area (Å²) in [6.45, 7) is 8.71. The maximum atomic E-state index is 14.0. The van der Waals surface area contributed by atoms with Crippen molar-refractivity contribution in [1.82, 2.24) is 0 Å². The molecule has 0 bridgehead atoms. The predicted molar refractivity (Wildman–Crippen MR) is 110 cm³/mol. The standard InChI is InChI=1S/C19H25FN4O2S/c1-6-16(15(4)22-7-2)12-23-19(14(3)20)13-24(5)17-8-10-18(11-9-17)27(21,25)26/h6-14H,1H2,2-5H3,(H2,21,25,26)/b16-15+,19-13-,22-7?,23-12+. The molecule has 1 unspecified atom stereocenters. The second-order valence-corrected chi connectivity index (χ2v) is 7.27. The van der Waals surface area contributed by atoms with E-state index in [9.17, 15) is 12.8 Å². The van der Waals surface area contributed by atoms with Crippen LogP contribution in [0.4, 0.5) is 10.1 Å². The van der Waals surface area contributed by atoms with Crippen molar-refractivity contribution in [3.05, 3.63) is 60.1 Å². The first-order valence-electron chi connectivity index (χ1n) is 8.17. The van der Waals surface area contributed by atoms with Crippen molar-refractivity contribution in [2.24, 2.45) is 15.1 Å². The van der Waals surface area contributed by atoms with Gasteiger partial charge >= 0.3 is 0 Å². The minimum atomic E-state index is -3.76. The molecule has 0 amide bonds. The fraction of sp³-hybridized carbons (Fsp3) is 0.263. The Morgan fingerprint density at radius 3 is 2.33 bits per heavy atom. The van der Waals surface area contributed by atoms with Crippen LogP contribution < -0.4 is 10.0 Å². The number of alkyl halides is 1. The van der Waals surface area contributed by atoms with Gasteiger partial charge in [0.05, 0.1) is 10.6 Å². The molecule has 0 aromatic heterocycles. The molecule has 1 atom stereocenters. The molecular weight excluding hydrogens is 367 g/mol. The summed E-state index contributed by atoms with van der Waals surface area (Å²) in [6, 6.07) is 5.94. The molecule has 0 aliphatic carbocycles. The van der Waals surface area contributed by atoms with Crippen molar-refractivity contribution in [2.45, 2.75) is 31.8 Å². The highest BCUT2D eigenvalue weighted by atomic mass is 32.2. The molecule has 6 nitrogen and oxygen atoms in total. The van der Waals surface area contributed by atoms with Gasteiger partial charge in [-0.3, -0.25) is 9.98 Å². The van der Waals surface area contributed by atoms with E-state index in [2.05, 4.69) is 16.6 Å². The number of aliphatic imine (C=N–C) groups is 2. The van der Waals surface area contributed by atoms with E-state index in [4.69, 9.17) is 5.14 Å². The normalized spacial score (nSPS) is 15.1. The summed E-state index contributed by atoms with van der Waals surface area (Å²) in [4.78, 5) is 10.0. The van der Waals surface area contributed by atoms with Gasteiger partial charge in [-0.05, 0) is 45.0 Å². The number of sulfonamides is 1. The summed E-state index contributed by atoms with van der Waals surface area (Å²) in [6.07, 6.45) is 4.98. The molecule has 0 fully saturated rings. The summed E-state index contributed by atoms with van der Waals surface area (Å²) in [5, 5.41) is 5.09. The van der Waals surface area contributed by atoms with Gasteiger partial charge in [0.2, 0.25) is 10.0 Å². The number of nitrogens with two attached hydrogens (primary N) is 1. The smallest absolute Gasteiger partial charge is 0.238 e. The third-order valence-electron chi connectivity index (χ3n) is 3.62. The van der Waals surface area contributed by atoms with Gasteiger partial charge in [-0.2, -0.15) is 0 Å². The molecule has 1 rings (SSSR count). The van der Waals surface area contributed by atoms with Crippen LogP contribution in [0.3, 0.4) is 0 Å². The van der Waals surface area contributed by atoms with Gasteiger partial charge in [-0.15, -0.1) is 0 Å². The van der Waals surface area contributed by atoms with E-state index in [0.29, 0.717) is 17.0 Å². The molecule has 1 aromatic rings. The Kier molecular flexibility index (Phi) is 8.27. The van der Waals surface area contributed by atoms with Crippen LogP contribution in [0.2, 0.25) is 0 Å². The Labute approximate surface area is 160 Å². The van der Waals surface area contributed by atoms with Crippen molar-refractivity contribution < 1.29 is 12.8 Å². The van der Waals surface area contributed by atoms with Crippen LogP contribution in [-0.2, 0) is 10.0 Å². The summed E-state index contributed by atoms with van der Waals surface area (Å²) in [5.74, 6) is 0. The lowest BCUT2D eigenvalue weighted by Gasteiger charge is -2.16. The van der Waals surface area contributed by atoms with Gasteiger partial charge in [-0.25, -0.2) is 17.9 Å². The maximum Gasteiger partial charge on any atom is 0.238 e. The van der Waals surface area contributed by atoms with Crippen molar-refractivity contribution >= 4 is 28.1 Å². The minimum Gasteiger partial charge on any atom is -0.349 e. The quantitative estimate of drug-likeness (QED) is 0.542. The Hall–Kier alpha value is -2.58. The van der Waals surface area contributed by atoms with Gasteiger partial charge < -0.3 is 4.90 Å². The zero-order chi connectivity index (χ0) is 20.6. The van der Waals surface area contributed by atoms with Crippen LogP contribution in [-0.4, -0.2) is 34.1 Å². The summed E-state index contributed by atoms with van der Waals surface area (Å²) < 4.78 is 36.6. The van der Waals surface area contributed by atoms with E-state index in [-0.39, 0.29) is 10.6 Å². The lowest BCUT2D eigenvalue weighted by atomic mass is 10.2. The number of halogens is 1. The number of hydrogen-bond donors (Lipinski definition) is 1.